The number of aromatic nitrogens is 2. The number of carbonyl (C=O) groups excluding carboxylic acids is 1. The molecule has 0 fully saturated rings. The second-order valence-corrected chi connectivity index (χ2v) is 5.94. The van der Waals surface area contributed by atoms with E-state index in [0.29, 0.717) is 11.4 Å². The Kier molecular flexibility index (Phi) is 10.2. The van der Waals surface area contributed by atoms with E-state index in [0.717, 1.165) is 0 Å². The Balaban J connectivity index is 0.000000296. The molecule has 0 saturated carbocycles. The fourth-order valence-corrected chi connectivity index (χ4v) is 2.09. The molecule has 2 rings (SSSR count). The summed E-state index contributed by atoms with van der Waals surface area (Å²) in [6, 6.07) is 5.43. The highest BCUT2D eigenvalue weighted by Gasteiger charge is 2.08. The van der Waals surface area contributed by atoms with E-state index in [-0.39, 0.29) is 28.0 Å². The van der Waals surface area contributed by atoms with Crippen molar-refractivity contribution in [3.63, 3.8) is 0 Å². The number of alkyl halides is 4. The zero-order chi connectivity index (χ0) is 22.0. The number of hydrogen-bond acceptors (Lipinski definition) is 6. The fourth-order valence-electron chi connectivity index (χ4n) is 1.68. The Labute approximate surface area is 173 Å². The lowest BCUT2D eigenvalue weighted by Crippen LogP contribution is -2.10. The van der Waals surface area contributed by atoms with Gasteiger partial charge >= 0.3 is 0 Å². The molecule has 3 N–H and O–H groups in total. The maximum Gasteiger partial charge on any atom is 0.272 e. The summed E-state index contributed by atoms with van der Waals surface area (Å²) in [5.41, 5.74) is 6.04. The lowest BCUT2D eigenvalue weighted by Gasteiger charge is -2.07. The van der Waals surface area contributed by atoms with Gasteiger partial charge in [-0.2, -0.15) is 0 Å². The summed E-state index contributed by atoms with van der Waals surface area (Å²) in [4.78, 5) is 18.1. The molecule has 0 aliphatic carbocycles. The van der Waals surface area contributed by atoms with Crippen molar-refractivity contribution in [1.29, 1.82) is 0 Å². The topological polar surface area (TPSA) is 99.4 Å². The molecule has 2 aromatic rings. The van der Waals surface area contributed by atoms with Gasteiger partial charge in [-0.3, -0.25) is 4.79 Å². The molecule has 13 heteroatoms. The predicted octanol–water partition coefficient (Wildman–Crippen LogP) is 4.30. The Hall–Kier alpha value is -2.53. The molecule has 0 spiro atoms. The van der Waals surface area contributed by atoms with Crippen LogP contribution in [-0.4, -0.2) is 41.9 Å². The number of nitrogens with one attached hydrogen (secondary N) is 1. The molecule has 2 aromatic heterocycles. The number of nitrogens with two attached hydrogens (primary N) is 1. The van der Waals surface area contributed by atoms with Gasteiger partial charge < -0.3 is 20.5 Å². The van der Waals surface area contributed by atoms with Crippen LogP contribution in [0.5, 0.6) is 11.8 Å². The van der Waals surface area contributed by atoms with Gasteiger partial charge in [0.2, 0.25) is 17.7 Å². The third-order valence-electron chi connectivity index (χ3n) is 2.60. The summed E-state index contributed by atoms with van der Waals surface area (Å²) in [6.07, 6.45) is -5.13. The van der Waals surface area contributed by atoms with E-state index in [1.54, 1.807) is 0 Å². The van der Waals surface area contributed by atoms with E-state index in [9.17, 15) is 22.4 Å². The van der Waals surface area contributed by atoms with Crippen LogP contribution in [0.4, 0.5) is 28.9 Å². The lowest BCUT2D eigenvalue weighted by atomic mass is 10.4. The van der Waals surface area contributed by atoms with Crippen molar-refractivity contribution < 1.29 is 31.8 Å². The summed E-state index contributed by atoms with van der Waals surface area (Å²) in [6.45, 7) is -0.173. The lowest BCUT2D eigenvalue weighted by molar-refractivity contribution is -0.114. The highest BCUT2D eigenvalue weighted by molar-refractivity contribution is 6.30. The molecule has 0 atom stereocenters. The number of amides is 1. The molecule has 160 valence electrons. The molecular weight excluding hydrogens is 443 g/mol. The summed E-state index contributed by atoms with van der Waals surface area (Å²) < 4.78 is 56.4. The first-order valence-corrected chi connectivity index (χ1v) is 8.51. The number of hydrogen-bond donors (Lipinski definition) is 2. The number of halogens is 6. The van der Waals surface area contributed by atoms with Crippen LogP contribution in [0.3, 0.4) is 0 Å². The number of anilines is 2. The minimum absolute atomic E-state index is 0.00491. The van der Waals surface area contributed by atoms with Crippen molar-refractivity contribution in [2.45, 2.75) is 19.8 Å². The van der Waals surface area contributed by atoms with Gasteiger partial charge in [-0.25, -0.2) is 27.5 Å². The first-order valence-electron chi connectivity index (χ1n) is 7.75. The SMILES string of the molecule is CC(=O)Nc1cc(Cl)nc(OCC(F)F)c1.Nc1cc(Cl)nc(OCC(F)F)c1. The molecule has 0 radical (unpaired) electrons. The Morgan fingerprint density at radius 2 is 1.48 bits per heavy atom. The van der Waals surface area contributed by atoms with E-state index in [1.165, 1.54) is 31.2 Å². The van der Waals surface area contributed by atoms with Crippen LogP contribution < -0.4 is 20.5 Å². The normalized spacial score (nSPS) is 10.4. The van der Waals surface area contributed by atoms with Gasteiger partial charge in [0.15, 0.2) is 13.2 Å². The van der Waals surface area contributed by atoms with Gasteiger partial charge in [-0.15, -0.1) is 0 Å². The highest BCUT2D eigenvalue weighted by Crippen LogP contribution is 2.21. The van der Waals surface area contributed by atoms with Crippen molar-refractivity contribution in [2.75, 3.05) is 24.3 Å². The number of carbonyl (C=O) groups is 1. The van der Waals surface area contributed by atoms with Crippen molar-refractivity contribution in [3.05, 3.63) is 34.6 Å². The smallest absolute Gasteiger partial charge is 0.272 e. The minimum atomic E-state index is -2.59. The van der Waals surface area contributed by atoms with Crippen LogP contribution in [0.2, 0.25) is 10.3 Å². The molecular formula is C16H16Cl2F4N4O3. The van der Waals surface area contributed by atoms with Gasteiger partial charge in [-0.1, -0.05) is 23.2 Å². The Morgan fingerprint density at radius 1 is 1.00 bits per heavy atom. The van der Waals surface area contributed by atoms with Gasteiger partial charge in [0.25, 0.3) is 12.9 Å². The van der Waals surface area contributed by atoms with Gasteiger partial charge in [0.1, 0.15) is 10.3 Å². The summed E-state index contributed by atoms with van der Waals surface area (Å²) in [5, 5.41) is 2.61. The standard InChI is InChI=1S/C9H9ClF2N2O2.C7H7ClF2N2O/c1-5(15)13-6-2-7(10)14-9(3-6)16-4-8(11)12;8-5-1-4(11)2-7(12-5)13-3-6(9)10/h2-3,8H,4H2,1H3,(H,13,14,15);1-2,6H,3H2,(H2,11,12). The maximum absolute atomic E-state index is 11.9. The molecule has 2 heterocycles. The van der Waals surface area contributed by atoms with Crippen LogP contribution >= 0.6 is 23.2 Å². The third-order valence-corrected chi connectivity index (χ3v) is 2.99. The van der Waals surface area contributed by atoms with Crippen molar-refractivity contribution in [3.8, 4) is 11.8 Å². The monoisotopic (exact) mass is 458 g/mol. The summed E-state index contributed by atoms with van der Waals surface area (Å²) >= 11 is 11.1. The Morgan fingerprint density at radius 3 is 1.93 bits per heavy atom. The number of pyridine rings is 2. The van der Waals surface area contributed by atoms with E-state index >= 15 is 0 Å². The molecule has 0 saturated heterocycles. The first-order chi connectivity index (χ1) is 13.5. The zero-order valence-corrected chi connectivity index (χ0v) is 16.4. The summed E-state index contributed by atoms with van der Waals surface area (Å²) in [5.74, 6) is -0.357. The Bertz CT molecular complexity index is 795. The first kappa shape index (κ1) is 24.5. The van der Waals surface area contributed by atoms with E-state index in [1.807, 2.05) is 0 Å². The van der Waals surface area contributed by atoms with Gasteiger partial charge in [-0.05, 0) is 12.1 Å². The molecule has 0 bridgehead atoms. The molecule has 0 aliphatic rings. The zero-order valence-electron chi connectivity index (χ0n) is 14.8. The number of ether oxygens (including phenoxy) is 2. The van der Waals surface area contributed by atoms with Crippen molar-refractivity contribution in [2.24, 2.45) is 0 Å². The van der Waals surface area contributed by atoms with Crippen molar-refractivity contribution in [1.82, 2.24) is 9.97 Å². The summed E-state index contributed by atoms with van der Waals surface area (Å²) in [7, 11) is 0. The van der Waals surface area contributed by atoms with Crippen LogP contribution in [0.15, 0.2) is 24.3 Å². The van der Waals surface area contributed by atoms with E-state index < -0.39 is 26.1 Å². The van der Waals surface area contributed by atoms with E-state index in [2.05, 4.69) is 24.8 Å². The molecule has 0 unspecified atom stereocenters. The van der Waals surface area contributed by atoms with Crippen LogP contribution in [-0.2, 0) is 4.79 Å². The second-order valence-electron chi connectivity index (χ2n) is 5.16. The van der Waals surface area contributed by atoms with Crippen LogP contribution in [0.25, 0.3) is 0 Å². The van der Waals surface area contributed by atoms with Gasteiger partial charge in [0.05, 0.1) is 0 Å². The highest BCUT2D eigenvalue weighted by atomic mass is 35.5. The largest absolute Gasteiger partial charge is 0.471 e. The van der Waals surface area contributed by atoms with Gasteiger partial charge in [0, 0.05) is 30.4 Å². The number of nitrogens with zero attached hydrogens (tertiary/aromatic N) is 2. The average molecular weight is 459 g/mol. The number of nitrogen functional groups attached to an aromatic ring is 1. The van der Waals surface area contributed by atoms with Crippen LogP contribution in [0, 0.1) is 0 Å². The molecule has 29 heavy (non-hydrogen) atoms. The third kappa shape index (κ3) is 11.2. The van der Waals surface area contributed by atoms with Crippen LogP contribution in [0.1, 0.15) is 6.92 Å². The van der Waals surface area contributed by atoms with E-state index in [4.69, 9.17) is 28.9 Å². The minimum Gasteiger partial charge on any atom is -0.471 e. The molecule has 7 nitrogen and oxygen atoms in total. The molecule has 0 aliphatic heterocycles. The fraction of sp³-hybridized carbons (Fsp3) is 0.312. The average Bonchev–Trinajstić information content (AvgIpc) is 2.57. The maximum atomic E-state index is 11.9. The van der Waals surface area contributed by atoms with Crippen molar-refractivity contribution >= 4 is 40.5 Å². The number of rotatable bonds is 7. The molecule has 1 amide bonds. The predicted molar refractivity (Wildman–Crippen MR) is 100 cm³/mol. The quantitative estimate of drug-likeness (QED) is 0.473. The second kappa shape index (κ2) is 12.1. The molecule has 0 aromatic carbocycles.